The number of hydrogen-bond donors (Lipinski definition) is 2. The monoisotopic (exact) mass is 504 g/mol. The highest BCUT2D eigenvalue weighted by molar-refractivity contribution is 14.0. The maximum Gasteiger partial charge on any atom is 0.225 e. The van der Waals surface area contributed by atoms with Gasteiger partial charge in [0.2, 0.25) is 5.91 Å². The van der Waals surface area contributed by atoms with E-state index >= 15 is 0 Å². The van der Waals surface area contributed by atoms with E-state index < -0.39 is 0 Å². The van der Waals surface area contributed by atoms with E-state index in [0.717, 1.165) is 48.9 Å². The van der Waals surface area contributed by atoms with Crippen molar-refractivity contribution in [3.05, 3.63) is 34.9 Å². The zero-order valence-corrected chi connectivity index (χ0v) is 19.0. The molecule has 150 valence electrons. The number of hydrogen-bond acceptors (Lipinski definition) is 2. The first-order chi connectivity index (χ1) is 12.7. The van der Waals surface area contributed by atoms with E-state index in [9.17, 15) is 4.79 Å². The summed E-state index contributed by atoms with van der Waals surface area (Å²) in [5.74, 6) is 1.38. The summed E-state index contributed by atoms with van der Waals surface area (Å²) in [7, 11) is 1.77. The lowest BCUT2D eigenvalue weighted by Crippen LogP contribution is -2.45. The Kier molecular flexibility index (Phi) is 9.15. The van der Waals surface area contributed by atoms with Crippen molar-refractivity contribution in [2.75, 3.05) is 20.1 Å². The molecule has 1 atom stereocenters. The zero-order chi connectivity index (χ0) is 18.4. The third kappa shape index (κ3) is 6.52. The first-order valence-corrected chi connectivity index (χ1v) is 10.0. The van der Waals surface area contributed by atoms with Crippen molar-refractivity contribution < 1.29 is 4.79 Å². The van der Waals surface area contributed by atoms with Gasteiger partial charge in [-0.15, -0.1) is 24.0 Å². The molecule has 0 aromatic heterocycles. The Morgan fingerprint density at radius 2 is 2.04 bits per heavy atom. The molecule has 0 spiro atoms. The van der Waals surface area contributed by atoms with Crippen LogP contribution in [0.1, 0.15) is 44.1 Å². The number of likely N-dealkylation sites (tertiary alicyclic amines) is 1. The van der Waals surface area contributed by atoms with Crippen LogP contribution in [0.2, 0.25) is 5.02 Å². The number of carbonyl (C=O) groups is 1. The topological polar surface area (TPSA) is 56.7 Å². The second kappa shape index (κ2) is 11.1. The van der Waals surface area contributed by atoms with Gasteiger partial charge in [0.15, 0.2) is 5.96 Å². The zero-order valence-electron chi connectivity index (χ0n) is 15.9. The Bertz CT molecular complexity index is 649. The van der Waals surface area contributed by atoms with E-state index in [2.05, 4.69) is 15.6 Å². The van der Waals surface area contributed by atoms with Crippen LogP contribution in [0.15, 0.2) is 29.3 Å². The summed E-state index contributed by atoms with van der Waals surface area (Å²) in [6.45, 7) is 2.28. The molecular formula is C20H30ClIN4O. The van der Waals surface area contributed by atoms with Gasteiger partial charge in [0.1, 0.15) is 0 Å². The fourth-order valence-electron chi connectivity index (χ4n) is 3.91. The second-order valence-electron chi connectivity index (χ2n) is 7.30. The van der Waals surface area contributed by atoms with Gasteiger partial charge < -0.3 is 15.5 Å². The number of aliphatic imine (C=N–C) groups is 1. The highest BCUT2D eigenvalue weighted by Crippen LogP contribution is 2.26. The number of guanidine groups is 1. The van der Waals surface area contributed by atoms with Gasteiger partial charge >= 0.3 is 0 Å². The number of rotatable bonds is 4. The Morgan fingerprint density at radius 1 is 1.26 bits per heavy atom. The van der Waals surface area contributed by atoms with Crippen molar-refractivity contribution in [2.24, 2.45) is 10.9 Å². The molecule has 1 saturated heterocycles. The fourth-order valence-corrected chi connectivity index (χ4v) is 4.12. The van der Waals surface area contributed by atoms with Crippen molar-refractivity contribution in [3.8, 4) is 0 Å². The van der Waals surface area contributed by atoms with Crippen LogP contribution in [-0.4, -0.2) is 42.9 Å². The van der Waals surface area contributed by atoms with Gasteiger partial charge in [-0.3, -0.25) is 9.79 Å². The minimum Gasteiger partial charge on any atom is -0.352 e. The molecule has 27 heavy (non-hydrogen) atoms. The van der Waals surface area contributed by atoms with Gasteiger partial charge in [0.05, 0.1) is 0 Å². The summed E-state index contributed by atoms with van der Waals surface area (Å²) in [6.07, 6.45) is 6.78. The molecule has 1 aromatic rings. The Morgan fingerprint density at radius 3 is 2.74 bits per heavy atom. The van der Waals surface area contributed by atoms with E-state index in [4.69, 9.17) is 11.6 Å². The lowest BCUT2D eigenvalue weighted by Gasteiger charge is -2.26. The van der Waals surface area contributed by atoms with E-state index in [1.807, 2.05) is 29.2 Å². The van der Waals surface area contributed by atoms with E-state index in [0.29, 0.717) is 12.5 Å². The van der Waals surface area contributed by atoms with E-state index in [-0.39, 0.29) is 35.9 Å². The average Bonchev–Trinajstić information content (AvgIpc) is 3.14. The molecule has 1 unspecified atom stereocenters. The third-order valence-electron chi connectivity index (χ3n) is 5.37. The Labute approximate surface area is 184 Å². The SMILES string of the molecule is CN=C(NCc1cccc(Cl)c1)NC1CCN(C(=O)C2CCCCC2)C1.I. The fraction of sp³-hybridized carbons (Fsp3) is 0.600. The molecule has 1 aliphatic heterocycles. The minimum atomic E-state index is 0. The van der Waals surface area contributed by atoms with Crippen LogP contribution in [0, 0.1) is 5.92 Å². The maximum atomic E-state index is 12.7. The molecule has 7 heteroatoms. The normalized spacial score (nSPS) is 20.9. The summed E-state index contributed by atoms with van der Waals surface area (Å²) < 4.78 is 0. The van der Waals surface area contributed by atoms with Gasteiger partial charge in [-0.05, 0) is 37.0 Å². The molecule has 2 N–H and O–H groups in total. The van der Waals surface area contributed by atoms with Crippen LogP contribution in [0.3, 0.4) is 0 Å². The van der Waals surface area contributed by atoms with E-state index in [1.165, 1.54) is 19.3 Å². The van der Waals surface area contributed by atoms with Crippen LogP contribution in [0.4, 0.5) is 0 Å². The molecule has 1 aromatic carbocycles. The number of nitrogens with zero attached hydrogens (tertiary/aromatic N) is 2. The van der Waals surface area contributed by atoms with Crippen LogP contribution >= 0.6 is 35.6 Å². The molecule has 1 heterocycles. The first-order valence-electron chi connectivity index (χ1n) is 9.66. The van der Waals surface area contributed by atoms with Crippen molar-refractivity contribution in [1.29, 1.82) is 0 Å². The van der Waals surface area contributed by atoms with Crippen LogP contribution in [-0.2, 0) is 11.3 Å². The standard InChI is InChI=1S/C20H29ClN4O.HI/c1-22-20(23-13-15-6-5-9-17(21)12-15)24-18-10-11-25(14-18)19(26)16-7-3-2-4-8-16;/h5-6,9,12,16,18H,2-4,7-8,10-11,13-14H2,1H3,(H2,22,23,24);1H. The molecule has 0 radical (unpaired) electrons. The lowest BCUT2D eigenvalue weighted by molar-refractivity contribution is -0.135. The van der Waals surface area contributed by atoms with Crippen LogP contribution in [0.25, 0.3) is 0 Å². The smallest absolute Gasteiger partial charge is 0.225 e. The maximum absolute atomic E-state index is 12.7. The number of carbonyl (C=O) groups excluding carboxylic acids is 1. The van der Waals surface area contributed by atoms with Gasteiger partial charge in [0, 0.05) is 43.7 Å². The summed E-state index contributed by atoms with van der Waals surface area (Å²) in [5.41, 5.74) is 1.11. The lowest BCUT2D eigenvalue weighted by atomic mass is 9.88. The summed E-state index contributed by atoms with van der Waals surface area (Å²) in [4.78, 5) is 19.0. The molecule has 5 nitrogen and oxygen atoms in total. The average molecular weight is 505 g/mol. The molecule has 1 aliphatic carbocycles. The quantitative estimate of drug-likeness (QED) is 0.373. The van der Waals surface area contributed by atoms with E-state index in [1.54, 1.807) is 7.05 Å². The van der Waals surface area contributed by atoms with Crippen molar-refractivity contribution >= 4 is 47.4 Å². The van der Waals surface area contributed by atoms with Gasteiger partial charge in [-0.2, -0.15) is 0 Å². The van der Waals surface area contributed by atoms with Gasteiger partial charge in [0.25, 0.3) is 0 Å². The van der Waals surface area contributed by atoms with Crippen LogP contribution < -0.4 is 10.6 Å². The van der Waals surface area contributed by atoms with Crippen molar-refractivity contribution in [2.45, 2.75) is 51.1 Å². The number of halogens is 2. The molecule has 2 aliphatic rings. The highest BCUT2D eigenvalue weighted by Gasteiger charge is 2.31. The molecule has 0 bridgehead atoms. The molecule has 1 saturated carbocycles. The number of amides is 1. The number of benzene rings is 1. The minimum absolute atomic E-state index is 0. The Hall–Kier alpha value is -1.02. The summed E-state index contributed by atoms with van der Waals surface area (Å²) in [6, 6.07) is 8.05. The summed E-state index contributed by atoms with van der Waals surface area (Å²) in [5, 5.41) is 7.51. The molecular weight excluding hydrogens is 475 g/mol. The molecule has 1 amide bonds. The largest absolute Gasteiger partial charge is 0.352 e. The third-order valence-corrected chi connectivity index (χ3v) is 5.60. The van der Waals surface area contributed by atoms with Gasteiger partial charge in [-0.1, -0.05) is 43.0 Å². The van der Waals surface area contributed by atoms with Crippen molar-refractivity contribution in [3.63, 3.8) is 0 Å². The number of nitrogens with one attached hydrogen (secondary N) is 2. The highest BCUT2D eigenvalue weighted by atomic mass is 127. The van der Waals surface area contributed by atoms with Crippen molar-refractivity contribution in [1.82, 2.24) is 15.5 Å². The molecule has 2 fully saturated rings. The Balaban J connectivity index is 0.00000261. The predicted molar refractivity (Wildman–Crippen MR) is 122 cm³/mol. The first kappa shape index (κ1) is 22.3. The second-order valence-corrected chi connectivity index (χ2v) is 7.74. The van der Waals surface area contributed by atoms with Gasteiger partial charge in [-0.25, -0.2) is 0 Å². The molecule has 3 rings (SSSR count). The predicted octanol–water partition coefficient (Wildman–Crippen LogP) is 3.80. The van der Waals surface area contributed by atoms with Crippen LogP contribution in [0.5, 0.6) is 0 Å². The summed E-state index contributed by atoms with van der Waals surface area (Å²) >= 11 is 6.03.